The van der Waals surface area contributed by atoms with Crippen LogP contribution in [0.15, 0.2) is 18.2 Å². The van der Waals surface area contributed by atoms with Crippen molar-refractivity contribution in [2.45, 2.75) is 39.2 Å². The maximum atomic E-state index is 12.1. The molecule has 1 fully saturated rings. The second-order valence-corrected chi connectivity index (χ2v) is 5.68. The van der Waals surface area contributed by atoms with E-state index in [1.54, 1.807) is 0 Å². The lowest BCUT2D eigenvalue weighted by molar-refractivity contribution is 0.0899. The molecule has 19 heavy (non-hydrogen) atoms. The molecule has 1 aliphatic carbocycles. The van der Waals surface area contributed by atoms with Crippen LogP contribution in [0.5, 0.6) is 11.5 Å². The molecule has 0 aromatic heterocycles. The molecule has 0 saturated heterocycles. The minimum absolute atomic E-state index is 0.193. The first-order valence-corrected chi connectivity index (χ1v) is 6.80. The van der Waals surface area contributed by atoms with Gasteiger partial charge >= 0.3 is 0 Å². The monoisotopic (exact) mass is 263 g/mol. The molecule has 1 aliphatic rings. The van der Waals surface area contributed by atoms with Gasteiger partial charge in [0.25, 0.3) is 5.91 Å². The van der Waals surface area contributed by atoms with Gasteiger partial charge in [-0.2, -0.15) is 0 Å². The summed E-state index contributed by atoms with van der Waals surface area (Å²) in [5.41, 5.74) is 0.376. The number of hydrogen-bond acceptors (Lipinski definition) is 3. The molecule has 0 bridgehead atoms. The van der Waals surface area contributed by atoms with Gasteiger partial charge in [-0.25, -0.2) is 0 Å². The van der Waals surface area contributed by atoms with Gasteiger partial charge in [0.05, 0.1) is 0 Å². The van der Waals surface area contributed by atoms with Crippen LogP contribution in [0.2, 0.25) is 0 Å². The molecule has 2 rings (SSSR count). The summed E-state index contributed by atoms with van der Waals surface area (Å²) in [6, 6.07) is 4.33. The molecule has 0 radical (unpaired) electrons. The molecule has 4 heteroatoms. The molecular weight excluding hydrogens is 242 g/mol. The second-order valence-electron chi connectivity index (χ2n) is 5.68. The molecule has 1 amide bonds. The van der Waals surface area contributed by atoms with Crippen molar-refractivity contribution in [2.24, 2.45) is 11.8 Å². The van der Waals surface area contributed by atoms with E-state index in [9.17, 15) is 15.0 Å². The van der Waals surface area contributed by atoms with E-state index in [0.717, 1.165) is 25.2 Å². The zero-order valence-corrected chi connectivity index (χ0v) is 11.4. The Bertz CT molecular complexity index is 472. The Morgan fingerprint density at radius 2 is 1.95 bits per heavy atom. The standard InChI is InChI=1S/C15H21NO3/c1-9-3-5-12(10(2)7-9)16-15(19)11-4-6-13(17)14(18)8-11/h4,6,8-10,12,17-18H,3,5,7H2,1-2H3,(H,16,19). The molecule has 4 nitrogen and oxygen atoms in total. The number of benzene rings is 1. The normalized spacial score (nSPS) is 26.9. The van der Waals surface area contributed by atoms with Gasteiger partial charge in [0, 0.05) is 11.6 Å². The number of nitrogens with one attached hydrogen (secondary N) is 1. The van der Waals surface area contributed by atoms with Crippen LogP contribution in [0.25, 0.3) is 0 Å². The molecule has 3 unspecified atom stereocenters. The van der Waals surface area contributed by atoms with Gasteiger partial charge < -0.3 is 15.5 Å². The first-order chi connectivity index (χ1) is 8.97. The maximum absolute atomic E-state index is 12.1. The zero-order valence-electron chi connectivity index (χ0n) is 11.4. The molecule has 1 saturated carbocycles. The number of phenolic OH excluding ortho intramolecular Hbond substituents is 2. The van der Waals surface area contributed by atoms with Crippen LogP contribution < -0.4 is 5.32 Å². The van der Waals surface area contributed by atoms with E-state index in [-0.39, 0.29) is 23.4 Å². The van der Waals surface area contributed by atoms with Crippen molar-refractivity contribution in [3.05, 3.63) is 23.8 Å². The zero-order chi connectivity index (χ0) is 14.0. The lowest BCUT2D eigenvalue weighted by Gasteiger charge is -2.33. The molecular formula is C15H21NO3. The van der Waals surface area contributed by atoms with Crippen LogP contribution in [0, 0.1) is 11.8 Å². The molecule has 1 aromatic rings. The van der Waals surface area contributed by atoms with E-state index >= 15 is 0 Å². The van der Waals surface area contributed by atoms with Gasteiger partial charge in [-0.3, -0.25) is 4.79 Å². The van der Waals surface area contributed by atoms with Crippen LogP contribution in [0.4, 0.5) is 0 Å². The lowest BCUT2D eigenvalue weighted by atomic mass is 9.80. The molecule has 104 valence electrons. The van der Waals surface area contributed by atoms with Gasteiger partial charge in [0.2, 0.25) is 0 Å². The fourth-order valence-corrected chi connectivity index (χ4v) is 2.80. The summed E-state index contributed by atoms with van der Waals surface area (Å²) in [5.74, 6) is 0.523. The van der Waals surface area contributed by atoms with Crippen molar-refractivity contribution >= 4 is 5.91 Å². The van der Waals surface area contributed by atoms with Crippen molar-refractivity contribution < 1.29 is 15.0 Å². The Morgan fingerprint density at radius 1 is 1.21 bits per heavy atom. The quantitative estimate of drug-likeness (QED) is 0.718. The molecule has 0 spiro atoms. The van der Waals surface area contributed by atoms with Crippen LogP contribution in [-0.2, 0) is 0 Å². The topological polar surface area (TPSA) is 69.6 Å². The van der Waals surface area contributed by atoms with Crippen molar-refractivity contribution in [2.75, 3.05) is 0 Å². The predicted molar refractivity (Wildman–Crippen MR) is 73.2 cm³/mol. The lowest BCUT2D eigenvalue weighted by Crippen LogP contribution is -2.42. The number of carbonyl (C=O) groups excluding carboxylic acids is 1. The highest BCUT2D eigenvalue weighted by Crippen LogP contribution is 2.29. The second kappa shape index (κ2) is 5.51. The van der Waals surface area contributed by atoms with Gasteiger partial charge in [-0.05, 0) is 49.3 Å². The number of rotatable bonds is 2. The number of aromatic hydroxyl groups is 2. The van der Waals surface area contributed by atoms with Crippen molar-refractivity contribution in [1.82, 2.24) is 5.32 Å². The summed E-state index contributed by atoms with van der Waals surface area (Å²) in [5, 5.41) is 21.7. The Balaban J connectivity index is 2.02. The van der Waals surface area contributed by atoms with E-state index in [4.69, 9.17) is 0 Å². The largest absolute Gasteiger partial charge is 0.504 e. The Kier molecular flexibility index (Phi) is 3.98. The number of hydrogen-bond donors (Lipinski definition) is 3. The van der Waals surface area contributed by atoms with E-state index in [1.807, 2.05) is 0 Å². The number of phenols is 2. The summed E-state index contributed by atoms with van der Waals surface area (Å²) >= 11 is 0. The SMILES string of the molecule is CC1CCC(NC(=O)c2ccc(O)c(O)c2)C(C)C1. The average molecular weight is 263 g/mol. The van der Waals surface area contributed by atoms with Crippen LogP contribution in [-0.4, -0.2) is 22.2 Å². The summed E-state index contributed by atoms with van der Waals surface area (Å²) in [6.07, 6.45) is 3.26. The molecule has 0 aliphatic heterocycles. The van der Waals surface area contributed by atoms with E-state index in [1.165, 1.54) is 18.2 Å². The third-order valence-electron chi connectivity index (χ3n) is 3.99. The fraction of sp³-hybridized carbons (Fsp3) is 0.533. The first kappa shape index (κ1) is 13.7. The van der Waals surface area contributed by atoms with E-state index in [0.29, 0.717) is 11.5 Å². The Morgan fingerprint density at radius 3 is 2.58 bits per heavy atom. The fourth-order valence-electron chi connectivity index (χ4n) is 2.80. The van der Waals surface area contributed by atoms with Crippen LogP contribution >= 0.6 is 0 Å². The molecule has 3 atom stereocenters. The summed E-state index contributed by atoms with van der Waals surface area (Å²) in [4.78, 5) is 12.1. The van der Waals surface area contributed by atoms with Gasteiger partial charge in [0.15, 0.2) is 11.5 Å². The highest BCUT2D eigenvalue weighted by molar-refractivity contribution is 5.95. The van der Waals surface area contributed by atoms with Crippen molar-refractivity contribution in [3.8, 4) is 11.5 Å². The van der Waals surface area contributed by atoms with Gasteiger partial charge in [-0.15, -0.1) is 0 Å². The molecule has 1 aromatic carbocycles. The minimum Gasteiger partial charge on any atom is -0.504 e. The first-order valence-electron chi connectivity index (χ1n) is 6.80. The average Bonchev–Trinajstić information content (AvgIpc) is 2.36. The Hall–Kier alpha value is -1.71. The molecule has 3 N–H and O–H groups in total. The third-order valence-corrected chi connectivity index (χ3v) is 3.99. The number of amides is 1. The highest BCUT2D eigenvalue weighted by atomic mass is 16.3. The number of carbonyl (C=O) groups is 1. The predicted octanol–water partition coefficient (Wildman–Crippen LogP) is 2.65. The summed E-state index contributed by atoms with van der Waals surface area (Å²) in [6.45, 7) is 4.40. The van der Waals surface area contributed by atoms with Gasteiger partial charge in [0.1, 0.15) is 0 Å². The molecule has 0 heterocycles. The van der Waals surface area contributed by atoms with Crippen LogP contribution in [0.3, 0.4) is 0 Å². The summed E-state index contributed by atoms with van der Waals surface area (Å²) < 4.78 is 0. The van der Waals surface area contributed by atoms with Crippen molar-refractivity contribution in [3.63, 3.8) is 0 Å². The minimum atomic E-state index is -0.266. The van der Waals surface area contributed by atoms with E-state index in [2.05, 4.69) is 19.2 Å². The smallest absolute Gasteiger partial charge is 0.251 e. The van der Waals surface area contributed by atoms with Crippen molar-refractivity contribution in [1.29, 1.82) is 0 Å². The van der Waals surface area contributed by atoms with Gasteiger partial charge in [-0.1, -0.05) is 13.8 Å². The Labute approximate surface area is 113 Å². The van der Waals surface area contributed by atoms with Crippen LogP contribution in [0.1, 0.15) is 43.5 Å². The summed E-state index contributed by atoms with van der Waals surface area (Å²) in [7, 11) is 0. The third kappa shape index (κ3) is 3.19. The highest BCUT2D eigenvalue weighted by Gasteiger charge is 2.26. The van der Waals surface area contributed by atoms with E-state index < -0.39 is 0 Å². The maximum Gasteiger partial charge on any atom is 0.251 e.